The van der Waals surface area contributed by atoms with Gasteiger partial charge in [-0.15, -0.1) is 0 Å². The Bertz CT molecular complexity index is 1390. The van der Waals surface area contributed by atoms with Gasteiger partial charge in [0.25, 0.3) is 0 Å². The molecule has 0 radical (unpaired) electrons. The number of carbonyl (C=O) groups excluding carboxylic acids is 1. The number of carboxylic acid groups (broad SMARTS) is 1. The Hall–Kier alpha value is -4.39. The van der Waals surface area contributed by atoms with Gasteiger partial charge in [-0.2, -0.15) is 5.10 Å². The van der Waals surface area contributed by atoms with Crippen molar-refractivity contribution in [2.24, 2.45) is 7.05 Å². The second-order valence-corrected chi connectivity index (χ2v) is 9.16. The molecule has 1 aliphatic carbocycles. The zero-order valence-corrected chi connectivity index (χ0v) is 20.1. The summed E-state index contributed by atoms with van der Waals surface area (Å²) in [6, 6.07) is 25.3. The number of carboxylic acids is 1. The monoisotopic (exact) mass is 481 g/mol. The van der Waals surface area contributed by atoms with E-state index in [9.17, 15) is 14.7 Å². The van der Waals surface area contributed by atoms with Crippen molar-refractivity contribution >= 4 is 17.9 Å². The first kappa shape index (κ1) is 23.4. The van der Waals surface area contributed by atoms with Gasteiger partial charge in [0.15, 0.2) is 0 Å². The molecule has 0 saturated heterocycles. The molecule has 1 heterocycles. The summed E-state index contributed by atoms with van der Waals surface area (Å²) < 4.78 is 7.16. The van der Waals surface area contributed by atoms with Crippen molar-refractivity contribution in [1.29, 1.82) is 0 Å². The fourth-order valence-electron chi connectivity index (χ4n) is 4.45. The first-order valence-corrected chi connectivity index (χ1v) is 11.9. The number of nitrogens with one attached hydrogen (secondary N) is 1. The van der Waals surface area contributed by atoms with E-state index >= 15 is 0 Å². The molecule has 1 aromatic heterocycles. The molecule has 4 aromatic rings. The molecule has 0 aliphatic heterocycles. The standard InChI is InChI=1S/C29H27N3O4/c1-19(20-6-4-3-5-7-20)36-28(35)31-26-25(18-30-32(26)2)23-10-8-21(9-11-23)22-12-14-24(15-13-22)29(16-17-29)27(33)34/h3-15,18-19H,16-17H2,1-2H3,(H,31,35)(H,33,34). The summed E-state index contributed by atoms with van der Waals surface area (Å²) in [6.45, 7) is 1.83. The minimum atomic E-state index is -0.751. The minimum Gasteiger partial charge on any atom is -0.481 e. The van der Waals surface area contributed by atoms with Crippen LogP contribution in [0.1, 0.15) is 37.0 Å². The molecule has 7 heteroatoms. The first-order valence-electron chi connectivity index (χ1n) is 11.9. The number of amides is 1. The number of nitrogens with zero attached hydrogens (tertiary/aromatic N) is 2. The summed E-state index contributed by atoms with van der Waals surface area (Å²) >= 11 is 0. The summed E-state index contributed by atoms with van der Waals surface area (Å²) in [5.74, 6) is -0.209. The lowest BCUT2D eigenvalue weighted by Gasteiger charge is -2.15. The first-order chi connectivity index (χ1) is 17.4. The third-order valence-corrected chi connectivity index (χ3v) is 6.84. The number of rotatable bonds is 7. The highest BCUT2D eigenvalue weighted by Gasteiger charge is 2.51. The topological polar surface area (TPSA) is 93.4 Å². The number of aliphatic carboxylic acids is 1. The van der Waals surface area contributed by atoms with E-state index in [-0.39, 0.29) is 6.10 Å². The summed E-state index contributed by atoms with van der Waals surface area (Å²) in [5, 5.41) is 16.7. The van der Waals surface area contributed by atoms with Crippen LogP contribution in [-0.4, -0.2) is 26.9 Å². The maximum absolute atomic E-state index is 12.6. The smallest absolute Gasteiger partial charge is 0.413 e. The number of ether oxygens (including phenoxy) is 1. The number of aryl methyl sites for hydroxylation is 1. The Morgan fingerprint density at radius 1 is 0.944 bits per heavy atom. The molecule has 0 spiro atoms. The van der Waals surface area contributed by atoms with Crippen molar-refractivity contribution in [3.8, 4) is 22.3 Å². The van der Waals surface area contributed by atoms with Crippen LogP contribution in [0.15, 0.2) is 85.1 Å². The van der Waals surface area contributed by atoms with Gasteiger partial charge in [0.2, 0.25) is 0 Å². The van der Waals surface area contributed by atoms with Gasteiger partial charge in [0, 0.05) is 12.6 Å². The average molecular weight is 482 g/mol. The lowest BCUT2D eigenvalue weighted by molar-refractivity contribution is -0.140. The highest BCUT2D eigenvalue weighted by atomic mass is 16.6. The number of benzene rings is 3. The molecule has 1 unspecified atom stereocenters. The van der Waals surface area contributed by atoms with Crippen LogP contribution in [0, 0.1) is 0 Å². The maximum Gasteiger partial charge on any atom is 0.413 e. The largest absolute Gasteiger partial charge is 0.481 e. The van der Waals surface area contributed by atoms with Crippen molar-refractivity contribution in [1.82, 2.24) is 9.78 Å². The van der Waals surface area contributed by atoms with Crippen molar-refractivity contribution in [2.45, 2.75) is 31.3 Å². The van der Waals surface area contributed by atoms with Gasteiger partial charge in [-0.1, -0.05) is 78.9 Å². The molecule has 36 heavy (non-hydrogen) atoms. The minimum absolute atomic E-state index is 0.390. The fourth-order valence-corrected chi connectivity index (χ4v) is 4.45. The molecule has 7 nitrogen and oxygen atoms in total. The van der Waals surface area contributed by atoms with Crippen LogP contribution in [-0.2, 0) is 22.0 Å². The number of hydrogen-bond acceptors (Lipinski definition) is 4. The maximum atomic E-state index is 12.6. The van der Waals surface area contributed by atoms with Crippen molar-refractivity contribution in [3.05, 3.63) is 96.2 Å². The number of anilines is 1. The molecule has 1 fully saturated rings. The summed E-state index contributed by atoms with van der Waals surface area (Å²) in [6.07, 6.45) is 2.15. The molecule has 1 aliphatic rings. The zero-order valence-electron chi connectivity index (χ0n) is 20.1. The fraction of sp³-hybridized carbons (Fsp3) is 0.207. The van der Waals surface area contributed by atoms with Gasteiger partial charge in [0.05, 0.1) is 11.6 Å². The Morgan fingerprint density at radius 2 is 1.53 bits per heavy atom. The summed E-state index contributed by atoms with van der Waals surface area (Å²) in [7, 11) is 1.76. The van der Waals surface area contributed by atoms with Gasteiger partial charge >= 0.3 is 12.1 Å². The molecule has 1 saturated carbocycles. The van der Waals surface area contributed by atoms with Crippen LogP contribution < -0.4 is 5.32 Å². The van der Waals surface area contributed by atoms with E-state index in [2.05, 4.69) is 10.4 Å². The van der Waals surface area contributed by atoms with E-state index in [1.54, 1.807) is 17.9 Å². The highest BCUT2D eigenvalue weighted by molar-refractivity contribution is 5.90. The molecule has 1 amide bonds. The third kappa shape index (κ3) is 4.47. The zero-order chi connectivity index (χ0) is 25.3. The van der Waals surface area contributed by atoms with Crippen LogP contribution in [0.25, 0.3) is 22.3 Å². The molecule has 2 N–H and O–H groups in total. The molecular formula is C29H27N3O4. The van der Waals surface area contributed by atoms with Crippen molar-refractivity contribution in [3.63, 3.8) is 0 Å². The van der Waals surface area contributed by atoms with Crippen LogP contribution in [0.4, 0.5) is 10.6 Å². The van der Waals surface area contributed by atoms with Gasteiger partial charge in [0.1, 0.15) is 11.9 Å². The number of aromatic nitrogens is 2. The summed E-state index contributed by atoms with van der Waals surface area (Å²) in [5.41, 5.74) is 4.77. The van der Waals surface area contributed by atoms with Crippen LogP contribution in [0.2, 0.25) is 0 Å². The lowest BCUT2D eigenvalue weighted by Crippen LogP contribution is -2.19. The quantitative estimate of drug-likeness (QED) is 0.329. The van der Waals surface area contributed by atoms with Gasteiger partial charge in [-0.3, -0.25) is 14.8 Å². The SMILES string of the molecule is CC(OC(=O)Nc1c(-c2ccc(-c3ccc(C4(C(=O)O)CC4)cc3)cc2)cnn1C)c1ccccc1. The molecule has 182 valence electrons. The Morgan fingerprint density at radius 3 is 2.11 bits per heavy atom. The van der Waals surface area contributed by atoms with Crippen molar-refractivity contribution in [2.75, 3.05) is 5.32 Å². The predicted molar refractivity (Wildman–Crippen MR) is 138 cm³/mol. The van der Waals surface area contributed by atoms with E-state index in [1.807, 2.05) is 85.8 Å². The highest BCUT2D eigenvalue weighted by Crippen LogP contribution is 2.48. The van der Waals surface area contributed by atoms with E-state index < -0.39 is 17.5 Å². The van der Waals surface area contributed by atoms with E-state index in [4.69, 9.17) is 4.74 Å². The molecule has 0 bridgehead atoms. The van der Waals surface area contributed by atoms with Crippen molar-refractivity contribution < 1.29 is 19.4 Å². The van der Waals surface area contributed by atoms with Crippen LogP contribution in [0.5, 0.6) is 0 Å². The van der Waals surface area contributed by atoms with E-state index in [0.717, 1.165) is 33.4 Å². The second kappa shape index (κ2) is 9.34. The predicted octanol–water partition coefficient (Wildman–Crippen LogP) is 6.18. The molecular weight excluding hydrogens is 454 g/mol. The van der Waals surface area contributed by atoms with Gasteiger partial charge in [-0.05, 0) is 47.6 Å². The third-order valence-electron chi connectivity index (χ3n) is 6.84. The van der Waals surface area contributed by atoms with Gasteiger partial charge in [-0.25, -0.2) is 4.79 Å². The summed E-state index contributed by atoms with van der Waals surface area (Å²) in [4.78, 5) is 24.2. The number of hydrogen-bond donors (Lipinski definition) is 2. The molecule has 3 aromatic carbocycles. The lowest BCUT2D eigenvalue weighted by atomic mass is 9.93. The number of carbonyl (C=O) groups is 2. The van der Waals surface area contributed by atoms with Crippen LogP contribution in [0.3, 0.4) is 0 Å². The van der Waals surface area contributed by atoms with E-state index in [1.165, 1.54) is 0 Å². The Kier molecular flexibility index (Phi) is 6.06. The van der Waals surface area contributed by atoms with Gasteiger partial charge < -0.3 is 9.84 Å². The average Bonchev–Trinajstić information content (AvgIpc) is 3.64. The second-order valence-electron chi connectivity index (χ2n) is 9.16. The Balaban J connectivity index is 1.30. The molecule has 5 rings (SSSR count). The normalized spacial score (nSPS) is 14.6. The Labute approximate surface area is 209 Å². The van der Waals surface area contributed by atoms with Crippen LogP contribution >= 0.6 is 0 Å². The van der Waals surface area contributed by atoms with E-state index in [0.29, 0.717) is 18.7 Å². The molecule has 1 atom stereocenters.